The summed E-state index contributed by atoms with van der Waals surface area (Å²) in [5, 5.41) is 2.47. The topological polar surface area (TPSA) is 90.6 Å². The second-order valence-electron chi connectivity index (χ2n) is 4.95. The molecule has 6 heteroatoms. The Morgan fingerprint density at radius 3 is 2.61 bits per heavy atom. The molecule has 1 aromatic rings. The summed E-state index contributed by atoms with van der Waals surface area (Å²) in [6.45, 7) is 6.59. The summed E-state index contributed by atoms with van der Waals surface area (Å²) < 4.78 is 11.2. The van der Waals surface area contributed by atoms with E-state index >= 15 is 0 Å². The lowest BCUT2D eigenvalue weighted by Gasteiger charge is -2.12. The first-order chi connectivity index (χ1) is 11.0. The fourth-order valence-electron chi connectivity index (χ4n) is 1.73. The van der Waals surface area contributed by atoms with Crippen LogP contribution in [0.5, 0.6) is 11.5 Å². The number of rotatable bonds is 9. The van der Waals surface area contributed by atoms with E-state index in [0.29, 0.717) is 24.7 Å². The Balaban J connectivity index is 2.79. The lowest BCUT2D eigenvalue weighted by molar-refractivity contribution is -0.124. The van der Waals surface area contributed by atoms with Crippen molar-refractivity contribution in [3.63, 3.8) is 0 Å². The zero-order valence-electron chi connectivity index (χ0n) is 13.8. The van der Waals surface area contributed by atoms with E-state index < -0.39 is 11.9 Å². The zero-order valence-corrected chi connectivity index (χ0v) is 13.8. The van der Waals surface area contributed by atoms with E-state index in [1.807, 2.05) is 26.0 Å². The van der Waals surface area contributed by atoms with Crippen LogP contribution in [0.2, 0.25) is 0 Å². The van der Waals surface area contributed by atoms with Crippen molar-refractivity contribution in [2.24, 2.45) is 5.73 Å². The van der Waals surface area contributed by atoms with Gasteiger partial charge in [-0.15, -0.1) is 0 Å². The van der Waals surface area contributed by atoms with Crippen LogP contribution in [0.4, 0.5) is 0 Å². The Morgan fingerprint density at radius 1 is 1.26 bits per heavy atom. The largest absolute Gasteiger partial charge is 0.490 e. The number of hydrogen-bond acceptors (Lipinski definition) is 4. The molecule has 1 aromatic carbocycles. The first-order valence-electron chi connectivity index (χ1n) is 7.65. The molecule has 0 bridgehead atoms. The van der Waals surface area contributed by atoms with Crippen LogP contribution in [0.15, 0.2) is 24.3 Å². The molecule has 0 aliphatic rings. The number of carbonyl (C=O) groups excluding carboxylic acids is 2. The third kappa shape index (κ3) is 6.42. The molecule has 0 aliphatic carbocycles. The Kier molecular flexibility index (Phi) is 7.66. The van der Waals surface area contributed by atoms with Crippen LogP contribution in [0.1, 0.15) is 32.8 Å². The maximum atomic E-state index is 11.7. The van der Waals surface area contributed by atoms with Gasteiger partial charge in [-0.05, 0) is 44.0 Å². The van der Waals surface area contributed by atoms with Crippen LogP contribution < -0.4 is 20.5 Å². The normalized spacial score (nSPS) is 12.0. The van der Waals surface area contributed by atoms with Crippen molar-refractivity contribution in [1.29, 1.82) is 0 Å². The highest BCUT2D eigenvalue weighted by Crippen LogP contribution is 2.29. The summed E-state index contributed by atoms with van der Waals surface area (Å²) in [5.41, 5.74) is 5.88. The molecule has 0 saturated heterocycles. The molecule has 0 fully saturated rings. The SMILES string of the molecule is CCCOc1ccc(C=CC(=O)NC(C)C(N)=O)cc1OCC. The maximum absolute atomic E-state index is 11.7. The number of carbonyl (C=O) groups is 2. The molecule has 2 amide bonds. The van der Waals surface area contributed by atoms with Gasteiger partial charge in [-0.25, -0.2) is 0 Å². The lowest BCUT2D eigenvalue weighted by Crippen LogP contribution is -2.41. The molecule has 0 aromatic heterocycles. The van der Waals surface area contributed by atoms with E-state index in [4.69, 9.17) is 15.2 Å². The molecule has 1 unspecified atom stereocenters. The number of nitrogens with two attached hydrogens (primary N) is 1. The molecule has 0 heterocycles. The smallest absolute Gasteiger partial charge is 0.244 e. The van der Waals surface area contributed by atoms with Crippen molar-refractivity contribution in [2.75, 3.05) is 13.2 Å². The molecule has 3 N–H and O–H groups in total. The quantitative estimate of drug-likeness (QED) is 0.680. The Hall–Kier alpha value is -2.50. The summed E-state index contributed by atoms with van der Waals surface area (Å²) >= 11 is 0. The van der Waals surface area contributed by atoms with Crippen molar-refractivity contribution in [1.82, 2.24) is 5.32 Å². The van der Waals surface area contributed by atoms with Gasteiger partial charge < -0.3 is 20.5 Å². The molecule has 1 rings (SSSR count). The van der Waals surface area contributed by atoms with E-state index in [9.17, 15) is 9.59 Å². The first kappa shape index (κ1) is 18.5. The van der Waals surface area contributed by atoms with Crippen molar-refractivity contribution in [3.05, 3.63) is 29.8 Å². The first-order valence-corrected chi connectivity index (χ1v) is 7.65. The van der Waals surface area contributed by atoms with E-state index in [-0.39, 0.29) is 5.91 Å². The average molecular weight is 320 g/mol. The molecule has 126 valence electrons. The van der Waals surface area contributed by atoms with Gasteiger partial charge in [0.25, 0.3) is 0 Å². The van der Waals surface area contributed by atoms with Crippen molar-refractivity contribution >= 4 is 17.9 Å². The van der Waals surface area contributed by atoms with Gasteiger partial charge in [0.15, 0.2) is 11.5 Å². The second kappa shape index (κ2) is 9.50. The molecular weight excluding hydrogens is 296 g/mol. The summed E-state index contributed by atoms with van der Waals surface area (Å²) in [7, 11) is 0. The van der Waals surface area contributed by atoms with Gasteiger partial charge in [0, 0.05) is 6.08 Å². The third-order valence-corrected chi connectivity index (χ3v) is 2.94. The summed E-state index contributed by atoms with van der Waals surface area (Å²) in [5.74, 6) is 0.343. The maximum Gasteiger partial charge on any atom is 0.244 e. The molecule has 0 aliphatic heterocycles. The van der Waals surface area contributed by atoms with Crippen LogP contribution in [0.25, 0.3) is 6.08 Å². The highest BCUT2D eigenvalue weighted by atomic mass is 16.5. The Morgan fingerprint density at radius 2 is 2.00 bits per heavy atom. The van der Waals surface area contributed by atoms with Crippen LogP contribution in [-0.4, -0.2) is 31.1 Å². The van der Waals surface area contributed by atoms with Gasteiger partial charge in [-0.3, -0.25) is 9.59 Å². The van der Waals surface area contributed by atoms with Gasteiger partial charge >= 0.3 is 0 Å². The third-order valence-electron chi connectivity index (χ3n) is 2.94. The summed E-state index contributed by atoms with van der Waals surface area (Å²) in [6.07, 6.45) is 3.89. The van der Waals surface area contributed by atoms with E-state index in [1.165, 1.54) is 13.0 Å². The fraction of sp³-hybridized carbons (Fsp3) is 0.412. The van der Waals surface area contributed by atoms with Crippen molar-refractivity contribution in [2.45, 2.75) is 33.2 Å². The molecular formula is C17H24N2O4. The number of primary amides is 1. The monoisotopic (exact) mass is 320 g/mol. The second-order valence-corrected chi connectivity index (χ2v) is 4.95. The minimum Gasteiger partial charge on any atom is -0.490 e. The van der Waals surface area contributed by atoms with Crippen LogP contribution in [0, 0.1) is 0 Å². The van der Waals surface area contributed by atoms with Crippen LogP contribution in [-0.2, 0) is 9.59 Å². The molecule has 1 atom stereocenters. The van der Waals surface area contributed by atoms with Gasteiger partial charge in [0.2, 0.25) is 11.8 Å². The van der Waals surface area contributed by atoms with E-state index in [0.717, 1.165) is 12.0 Å². The Labute approximate surface area is 136 Å². The average Bonchev–Trinajstić information content (AvgIpc) is 2.52. The molecule has 0 spiro atoms. The number of benzene rings is 1. The highest BCUT2D eigenvalue weighted by molar-refractivity contribution is 5.95. The number of amides is 2. The van der Waals surface area contributed by atoms with E-state index in [2.05, 4.69) is 5.32 Å². The Bertz CT molecular complexity index is 570. The minimum atomic E-state index is -0.712. The fourth-order valence-corrected chi connectivity index (χ4v) is 1.73. The van der Waals surface area contributed by atoms with Gasteiger partial charge in [0.1, 0.15) is 6.04 Å². The number of ether oxygens (including phenoxy) is 2. The van der Waals surface area contributed by atoms with Gasteiger partial charge in [-0.2, -0.15) is 0 Å². The minimum absolute atomic E-state index is 0.388. The molecule has 6 nitrogen and oxygen atoms in total. The predicted octanol–water partition coefficient (Wildman–Crippen LogP) is 1.88. The van der Waals surface area contributed by atoms with Crippen molar-refractivity contribution < 1.29 is 19.1 Å². The number of hydrogen-bond donors (Lipinski definition) is 2. The van der Waals surface area contributed by atoms with Crippen LogP contribution >= 0.6 is 0 Å². The van der Waals surface area contributed by atoms with Crippen molar-refractivity contribution in [3.8, 4) is 11.5 Å². The lowest BCUT2D eigenvalue weighted by atomic mass is 10.2. The number of nitrogens with one attached hydrogen (secondary N) is 1. The highest BCUT2D eigenvalue weighted by Gasteiger charge is 2.10. The van der Waals surface area contributed by atoms with Crippen LogP contribution in [0.3, 0.4) is 0 Å². The standard InChI is InChI=1S/C17H24N2O4/c1-4-10-23-14-8-6-13(11-15(14)22-5-2)7-9-16(20)19-12(3)17(18)21/h6-9,11-12H,4-5,10H2,1-3H3,(H2,18,21)(H,19,20). The summed E-state index contributed by atoms with van der Waals surface area (Å²) in [6, 6.07) is 4.73. The predicted molar refractivity (Wildman–Crippen MR) is 89.2 cm³/mol. The van der Waals surface area contributed by atoms with E-state index in [1.54, 1.807) is 12.1 Å². The molecule has 23 heavy (non-hydrogen) atoms. The summed E-state index contributed by atoms with van der Waals surface area (Å²) in [4.78, 5) is 22.6. The zero-order chi connectivity index (χ0) is 17.2. The molecule has 0 saturated carbocycles. The molecule has 0 radical (unpaired) electrons. The van der Waals surface area contributed by atoms with Gasteiger partial charge in [0.05, 0.1) is 13.2 Å². The van der Waals surface area contributed by atoms with Gasteiger partial charge in [-0.1, -0.05) is 13.0 Å².